The standard InChI is InChI=1S/C12H22N2O6/c1-19-12-8(10(17)9(16)7(5-15)20-12)14-11(18)6-3-2-4-13-6/h6-10,12-13,15-17H,2-5H2,1H3,(H,14,18)/t6-,7-,8-,9-,10-,12+/m1/s1. The predicted molar refractivity (Wildman–Crippen MR) is 67.7 cm³/mol. The molecule has 0 aromatic carbocycles. The minimum Gasteiger partial charge on any atom is -0.394 e. The van der Waals surface area contributed by atoms with Crippen molar-refractivity contribution < 1.29 is 29.6 Å². The second-order valence-electron chi connectivity index (χ2n) is 5.13. The molecular weight excluding hydrogens is 268 g/mol. The van der Waals surface area contributed by atoms with Gasteiger partial charge in [0.2, 0.25) is 5.91 Å². The fourth-order valence-electron chi connectivity index (χ4n) is 2.61. The first-order valence-corrected chi connectivity index (χ1v) is 6.77. The molecule has 8 nitrogen and oxygen atoms in total. The molecular formula is C12H22N2O6. The van der Waals surface area contributed by atoms with Gasteiger partial charge in [0.1, 0.15) is 24.4 Å². The molecule has 0 spiro atoms. The number of methoxy groups -OCH3 is 1. The van der Waals surface area contributed by atoms with Crippen molar-refractivity contribution in [2.45, 2.75) is 49.5 Å². The molecule has 2 fully saturated rings. The molecule has 2 aliphatic rings. The van der Waals surface area contributed by atoms with Gasteiger partial charge in [0.25, 0.3) is 0 Å². The van der Waals surface area contributed by atoms with E-state index in [1.54, 1.807) is 0 Å². The number of amides is 1. The summed E-state index contributed by atoms with van der Waals surface area (Å²) in [5.41, 5.74) is 0. The molecule has 0 radical (unpaired) electrons. The molecule has 6 atom stereocenters. The van der Waals surface area contributed by atoms with Crippen molar-refractivity contribution in [2.75, 3.05) is 20.3 Å². The van der Waals surface area contributed by atoms with Crippen LogP contribution >= 0.6 is 0 Å². The van der Waals surface area contributed by atoms with Crippen LogP contribution in [0.15, 0.2) is 0 Å². The molecule has 2 rings (SSSR count). The first-order chi connectivity index (χ1) is 9.58. The molecule has 0 aliphatic carbocycles. The summed E-state index contributed by atoms with van der Waals surface area (Å²) in [5, 5.41) is 34.7. The van der Waals surface area contributed by atoms with Gasteiger partial charge in [-0.05, 0) is 19.4 Å². The quantitative estimate of drug-likeness (QED) is 0.382. The van der Waals surface area contributed by atoms with Crippen LogP contribution in [0.3, 0.4) is 0 Å². The van der Waals surface area contributed by atoms with Gasteiger partial charge in [-0.1, -0.05) is 0 Å². The number of rotatable bonds is 4. The molecule has 0 aromatic heterocycles. The summed E-state index contributed by atoms with van der Waals surface area (Å²) in [6.07, 6.45) is -2.76. The fraction of sp³-hybridized carbons (Fsp3) is 0.917. The molecule has 116 valence electrons. The Hall–Kier alpha value is -0.770. The van der Waals surface area contributed by atoms with E-state index in [0.717, 1.165) is 19.4 Å². The van der Waals surface area contributed by atoms with Crippen molar-refractivity contribution in [3.63, 3.8) is 0 Å². The summed E-state index contributed by atoms with van der Waals surface area (Å²) >= 11 is 0. The number of carbonyl (C=O) groups excluding carboxylic acids is 1. The van der Waals surface area contributed by atoms with Gasteiger partial charge < -0.3 is 35.4 Å². The zero-order valence-electron chi connectivity index (χ0n) is 11.4. The number of aliphatic hydroxyl groups is 3. The van der Waals surface area contributed by atoms with E-state index in [1.807, 2.05) is 0 Å². The molecule has 2 heterocycles. The van der Waals surface area contributed by atoms with Gasteiger partial charge >= 0.3 is 0 Å². The molecule has 5 N–H and O–H groups in total. The Balaban J connectivity index is 2.01. The van der Waals surface area contributed by atoms with Crippen LogP contribution in [0.25, 0.3) is 0 Å². The summed E-state index contributed by atoms with van der Waals surface area (Å²) in [5.74, 6) is -0.258. The second-order valence-corrected chi connectivity index (χ2v) is 5.13. The minimum absolute atomic E-state index is 0.258. The van der Waals surface area contributed by atoms with Crippen molar-refractivity contribution in [3.05, 3.63) is 0 Å². The summed E-state index contributed by atoms with van der Waals surface area (Å²) in [6, 6.07) is -1.18. The Labute approximate surface area is 117 Å². The highest BCUT2D eigenvalue weighted by molar-refractivity contribution is 5.82. The van der Waals surface area contributed by atoms with E-state index in [0.29, 0.717) is 0 Å². The number of aliphatic hydroxyl groups excluding tert-OH is 3. The average Bonchev–Trinajstić information content (AvgIpc) is 2.98. The molecule has 8 heteroatoms. The maximum Gasteiger partial charge on any atom is 0.237 e. The molecule has 2 saturated heterocycles. The van der Waals surface area contributed by atoms with Crippen LogP contribution < -0.4 is 10.6 Å². The van der Waals surface area contributed by atoms with Crippen LogP contribution in [0.4, 0.5) is 0 Å². The molecule has 0 bridgehead atoms. The van der Waals surface area contributed by atoms with Crippen molar-refractivity contribution in [2.24, 2.45) is 0 Å². The van der Waals surface area contributed by atoms with Gasteiger partial charge in [0.15, 0.2) is 6.29 Å². The van der Waals surface area contributed by atoms with Gasteiger partial charge in [-0.15, -0.1) is 0 Å². The van der Waals surface area contributed by atoms with Gasteiger partial charge in [0, 0.05) is 7.11 Å². The van der Waals surface area contributed by atoms with E-state index in [9.17, 15) is 15.0 Å². The summed E-state index contributed by atoms with van der Waals surface area (Å²) in [6.45, 7) is 0.341. The second kappa shape index (κ2) is 6.79. The third kappa shape index (κ3) is 3.11. The van der Waals surface area contributed by atoms with E-state index >= 15 is 0 Å². The summed E-state index contributed by atoms with van der Waals surface area (Å²) in [4.78, 5) is 12.1. The first kappa shape index (κ1) is 15.6. The molecule has 20 heavy (non-hydrogen) atoms. The first-order valence-electron chi connectivity index (χ1n) is 6.77. The minimum atomic E-state index is -1.28. The van der Waals surface area contributed by atoms with Crippen molar-refractivity contribution >= 4 is 5.91 Å². The third-order valence-electron chi connectivity index (χ3n) is 3.80. The molecule has 0 saturated carbocycles. The van der Waals surface area contributed by atoms with Crippen LogP contribution in [0, 0.1) is 0 Å². The van der Waals surface area contributed by atoms with Gasteiger partial charge in [-0.25, -0.2) is 0 Å². The number of nitrogens with one attached hydrogen (secondary N) is 2. The van der Waals surface area contributed by atoms with Gasteiger partial charge in [-0.2, -0.15) is 0 Å². The summed E-state index contributed by atoms with van der Waals surface area (Å²) < 4.78 is 10.4. The molecule has 1 amide bonds. The van der Waals surface area contributed by atoms with Crippen LogP contribution in [0.2, 0.25) is 0 Å². The van der Waals surface area contributed by atoms with Crippen LogP contribution in [0.1, 0.15) is 12.8 Å². The highest BCUT2D eigenvalue weighted by Gasteiger charge is 2.45. The number of hydrogen-bond donors (Lipinski definition) is 5. The normalized spacial score (nSPS) is 41.6. The predicted octanol–water partition coefficient (Wildman–Crippen LogP) is -2.69. The Kier molecular flexibility index (Phi) is 5.30. The Bertz CT molecular complexity index is 334. The zero-order chi connectivity index (χ0) is 14.7. The number of hydrogen-bond acceptors (Lipinski definition) is 7. The maximum absolute atomic E-state index is 12.1. The van der Waals surface area contributed by atoms with E-state index in [4.69, 9.17) is 14.6 Å². The van der Waals surface area contributed by atoms with Crippen molar-refractivity contribution in [3.8, 4) is 0 Å². The lowest BCUT2D eigenvalue weighted by Crippen LogP contribution is -2.65. The van der Waals surface area contributed by atoms with E-state index in [-0.39, 0.29) is 11.9 Å². The molecule has 0 unspecified atom stereocenters. The van der Waals surface area contributed by atoms with Crippen LogP contribution in [0.5, 0.6) is 0 Å². The zero-order valence-corrected chi connectivity index (χ0v) is 11.4. The smallest absolute Gasteiger partial charge is 0.237 e. The van der Waals surface area contributed by atoms with Crippen LogP contribution in [-0.2, 0) is 14.3 Å². The van der Waals surface area contributed by atoms with E-state index in [1.165, 1.54) is 7.11 Å². The Morgan fingerprint density at radius 3 is 2.75 bits per heavy atom. The number of carbonyl (C=O) groups is 1. The topological polar surface area (TPSA) is 120 Å². The summed E-state index contributed by atoms with van der Waals surface area (Å²) in [7, 11) is 1.37. The third-order valence-corrected chi connectivity index (χ3v) is 3.80. The largest absolute Gasteiger partial charge is 0.394 e. The lowest BCUT2D eigenvalue weighted by molar-refractivity contribution is -0.262. The highest BCUT2D eigenvalue weighted by Crippen LogP contribution is 2.22. The highest BCUT2D eigenvalue weighted by atomic mass is 16.7. The number of ether oxygens (including phenoxy) is 2. The Morgan fingerprint density at radius 1 is 1.45 bits per heavy atom. The molecule has 0 aromatic rings. The van der Waals surface area contributed by atoms with Gasteiger partial charge in [-0.3, -0.25) is 4.79 Å². The van der Waals surface area contributed by atoms with E-state index in [2.05, 4.69) is 10.6 Å². The lowest BCUT2D eigenvalue weighted by atomic mass is 9.96. The fourth-order valence-corrected chi connectivity index (χ4v) is 2.61. The Morgan fingerprint density at radius 2 is 2.20 bits per heavy atom. The molecule has 2 aliphatic heterocycles. The maximum atomic E-state index is 12.1. The lowest BCUT2D eigenvalue weighted by Gasteiger charge is -2.42. The van der Waals surface area contributed by atoms with Crippen molar-refractivity contribution in [1.82, 2.24) is 10.6 Å². The van der Waals surface area contributed by atoms with E-state index < -0.39 is 37.3 Å². The SMILES string of the molecule is CO[C@H]1O[C@H](CO)[C@@H](O)[C@H](O)[C@H]1NC(=O)[C@H]1CCCN1. The monoisotopic (exact) mass is 290 g/mol. The van der Waals surface area contributed by atoms with Crippen molar-refractivity contribution in [1.29, 1.82) is 0 Å². The average molecular weight is 290 g/mol. The van der Waals surface area contributed by atoms with Gasteiger partial charge in [0.05, 0.1) is 12.6 Å². The van der Waals surface area contributed by atoms with Crippen LogP contribution in [-0.4, -0.2) is 78.2 Å².